The van der Waals surface area contributed by atoms with Gasteiger partial charge >= 0.3 is 0 Å². The molecule has 0 aliphatic rings. The summed E-state index contributed by atoms with van der Waals surface area (Å²) in [6.07, 6.45) is 1.84. The fourth-order valence-electron chi connectivity index (χ4n) is 4.45. The van der Waals surface area contributed by atoms with Crippen LogP contribution in [0.5, 0.6) is 0 Å². The molecule has 2 heterocycles. The Bertz CT molecular complexity index is 1520. The van der Waals surface area contributed by atoms with Crippen molar-refractivity contribution in [3.8, 4) is 5.82 Å². The van der Waals surface area contributed by atoms with Gasteiger partial charge in [0.15, 0.2) is 0 Å². The molecule has 4 heteroatoms. The summed E-state index contributed by atoms with van der Waals surface area (Å²) >= 11 is 3.50. The third kappa shape index (κ3) is 3.49. The Morgan fingerprint density at radius 1 is 0.576 bits per heavy atom. The number of nitrogens with zero attached hydrogens (tertiary/aromatic N) is 3. The normalized spacial score (nSPS) is 11.2. The number of rotatable bonds is 4. The number of halogens is 1. The molecule has 0 aliphatic carbocycles. The summed E-state index contributed by atoms with van der Waals surface area (Å²) in [4.78, 5) is 6.97. The van der Waals surface area contributed by atoms with Crippen LogP contribution in [0.2, 0.25) is 0 Å². The average molecular weight is 490 g/mol. The minimum Gasteiger partial charge on any atom is -0.310 e. The monoisotopic (exact) mass is 489 g/mol. The lowest BCUT2D eigenvalue weighted by Gasteiger charge is -2.25. The predicted octanol–water partition coefficient (Wildman–Crippen LogP) is 8.41. The summed E-state index contributed by atoms with van der Waals surface area (Å²) in [6.45, 7) is 0. The fraction of sp³-hybridized carbons (Fsp3) is 0. The summed E-state index contributed by atoms with van der Waals surface area (Å²) in [5, 5.41) is 2.41. The topological polar surface area (TPSA) is 21.1 Å². The Kier molecular flexibility index (Phi) is 4.93. The first-order valence-electron chi connectivity index (χ1n) is 10.8. The van der Waals surface area contributed by atoms with Gasteiger partial charge in [-0.05, 0) is 76.6 Å². The highest BCUT2D eigenvalue weighted by Gasteiger charge is 2.17. The van der Waals surface area contributed by atoms with E-state index in [1.165, 1.54) is 10.8 Å². The van der Waals surface area contributed by atoms with Crippen LogP contribution in [0.3, 0.4) is 0 Å². The summed E-state index contributed by atoms with van der Waals surface area (Å²) in [6, 6.07) is 40.3. The molecule has 0 aliphatic heterocycles. The molecule has 0 saturated heterocycles. The summed E-state index contributed by atoms with van der Waals surface area (Å²) in [5.74, 6) is 0.903. The van der Waals surface area contributed by atoms with Gasteiger partial charge in [0, 0.05) is 38.5 Å². The smallest absolute Gasteiger partial charge is 0.137 e. The van der Waals surface area contributed by atoms with Gasteiger partial charge in [0.05, 0.1) is 11.0 Å². The van der Waals surface area contributed by atoms with Crippen LogP contribution in [0.15, 0.2) is 126 Å². The van der Waals surface area contributed by atoms with Crippen LogP contribution in [0, 0.1) is 0 Å². The number of benzene rings is 4. The highest BCUT2D eigenvalue weighted by atomic mass is 79.9. The van der Waals surface area contributed by atoms with Gasteiger partial charge in [0.2, 0.25) is 0 Å². The largest absolute Gasteiger partial charge is 0.310 e. The van der Waals surface area contributed by atoms with Crippen molar-refractivity contribution in [1.82, 2.24) is 9.55 Å². The molecule has 6 rings (SSSR count). The van der Waals surface area contributed by atoms with E-state index in [4.69, 9.17) is 0 Å². The maximum absolute atomic E-state index is 4.68. The molecule has 0 fully saturated rings. The zero-order chi connectivity index (χ0) is 22.2. The second-order valence-electron chi connectivity index (χ2n) is 7.90. The van der Waals surface area contributed by atoms with Crippen molar-refractivity contribution >= 4 is 54.8 Å². The van der Waals surface area contributed by atoms with Gasteiger partial charge in [-0.15, -0.1) is 0 Å². The zero-order valence-corrected chi connectivity index (χ0v) is 19.4. The molecule has 158 valence electrons. The quantitative estimate of drug-likeness (QED) is 0.247. The summed E-state index contributed by atoms with van der Waals surface area (Å²) in [5.41, 5.74) is 5.65. The van der Waals surface area contributed by atoms with Gasteiger partial charge in [-0.25, -0.2) is 4.98 Å². The van der Waals surface area contributed by atoms with Crippen molar-refractivity contribution in [2.24, 2.45) is 0 Å². The SMILES string of the molecule is Brc1ccc(-n2c3ccccc3c3cc(N(c4ccccc4)c4ccccc4)ccc32)nc1. The van der Waals surface area contributed by atoms with Crippen molar-refractivity contribution in [3.05, 3.63) is 126 Å². The molecule has 6 aromatic rings. The molecular formula is C29H20BrN3. The number of pyridine rings is 1. The van der Waals surface area contributed by atoms with Crippen molar-refractivity contribution in [2.45, 2.75) is 0 Å². The molecule has 3 nitrogen and oxygen atoms in total. The lowest BCUT2D eigenvalue weighted by atomic mass is 10.1. The maximum Gasteiger partial charge on any atom is 0.137 e. The van der Waals surface area contributed by atoms with Crippen molar-refractivity contribution in [3.63, 3.8) is 0 Å². The van der Waals surface area contributed by atoms with Crippen LogP contribution < -0.4 is 4.90 Å². The highest BCUT2D eigenvalue weighted by molar-refractivity contribution is 9.10. The van der Waals surface area contributed by atoms with Crippen molar-refractivity contribution in [2.75, 3.05) is 4.90 Å². The van der Waals surface area contributed by atoms with E-state index in [0.717, 1.165) is 38.4 Å². The van der Waals surface area contributed by atoms with Gasteiger partial charge < -0.3 is 4.90 Å². The Hall–Kier alpha value is -3.89. The Morgan fingerprint density at radius 2 is 1.21 bits per heavy atom. The van der Waals surface area contributed by atoms with E-state index in [0.29, 0.717) is 0 Å². The van der Waals surface area contributed by atoms with Crippen molar-refractivity contribution < 1.29 is 0 Å². The zero-order valence-electron chi connectivity index (χ0n) is 17.8. The van der Waals surface area contributed by atoms with Crippen molar-refractivity contribution in [1.29, 1.82) is 0 Å². The van der Waals surface area contributed by atoms with Gasteiger partial charge in [-0.3, -0.25) is 4.57 Å². The minimum absolute atomic E-state index is 0.903. The third-order valence-corrected chi connectivity index (χ3v) is 6.35. The predicted molar refractivity (Wildman–Crippen MR) is 141 cm³/mol. The van der Waals surface area contributed by atoms with Gasteiger partial charge in [-0.2, -0.15) is 0 Å². The molecule has 2 aromatic heterocycles. The molecule has 0 saturated carbocycles. The number of anilines is 3. The van der Waals surface area contributed by atoms with E-state index < -0.39 is 0 Å². The van der Waals surface area contributed by atoms with Gasteiger partial charge in [0.1, 0.15) is 5.82 Å². The maximum atomic E-state index is 4.68. The fourth-order valence-corrected chi connectivity index (χ4v) is 4.68. The number of hydrogen-bond acceptors (Lipinski definition) is 2. The Morgan fingerprint density at radius 3 is 1.88 bits per heavy atom. The Labute approximate surface area is 200 Å². The Balaban J connectivity index is 1.61. The molecule has 0 atom stereocenters. The summed E-state index contributed by atoms with van der Waals surface area (Å²) < 4.78 is 3.20. The molecule has 0 N–H and O–H groups in total. The first-order valence-corrected chi connectivity index (χ1v) is 11.6. The lowest BCUT2D eigenvalue weighted by molar-refractivity contribution is 1.08. The lowest BCUT2D eigenvalue weighted by Crippen LogP contribution is -2.09. The van der Waals surface area contributed by atoms with Crippen LogP contribution >= 0.6 is 15.9 Å². The molecule has 0 radical (unpaired) electrons. The number of hydrogen-bond donors (Lipinski definition) is 0. The molecule has 33 heavy (non-hydrogen) atoms. The molecule has 4 aromatic carbocycles. The average Bonchev–Trinajstić information content (AvgIpc) is 3.20. The summed E-state index contributed by atoms with van der Waals surface area (Å²) in [7, 11) is 0. The molecule has 0 spiro atoms. The van der Waals surface area contributed by atoms with E-state index in [-0.39, 0.29) is 0 Å². The third-order valence-electron chi connectivity index (χ3n) is 5.88. The molecular weight excluding hydrogens is 470 g/mol. The van der Waals surface area contributed by atoms with E-state index in [2.05, 4.69) is 134 Å². The minimum atomic E-state index is 0.903. The number of aromatic nitrogens is 2. The van der Waals surface area contributed by atoms with Gasteiger partial charge in [0.25, 0.3) is 0 Å². The molecule has 0 bridgehead atoms. The molecule has 0 unspecified atom stereocenters. The van der Waals surface area contributed by atoms with E-state index >= 15 is 0 Å². The van der Waals surface area contributed by atoms with Gasteiger partial charge in [-0.1, -0.05) is 54.6 Å². The van der Waals surface area contributed by atoms with Crippen LogP contribution in [-0.2, 0) is 0 Å². The first-order chi connectivity index (χ1) is 16.3. The second kappa shape index (κ2) is 8.23. The van der Waals surface area contributed by atoms with Crippen LogP contribution in [0.25, 0.3) is 27.6 Å². The standard InChI is InChI=1S/C29H20BrN3/c30-21-15-18-29(31-20-21)33-27-14-8-7-13-25(27)26-19-24(16-17-28(26)33)32(22-9-3-1-4-10-22)23-11-5-2-6-12-23/h1-20H. The van der Waals surface area contributed by atoms with Crippen LogP contribution in [-0.4, -0.2) is 9.55 Å². The second-order valence-corrected chi connectivity index (χ2v) is 8.81. The highest BCUT2D eigenvalue weighted by Crippen LogP contribution is 2.39. The van der Waals surface area contributed by atoms with E-state index in [1.807, 2.05) is 18.3 Å². The van der Waals surface area contributed by atoms with Crippen LogP contribution in [0.4, 0.5) is 17.1 Å². The number of para-hydroxylation sites is 3. The van der Waals surface area contributed by atoms with E-state index in [9.17, 15) is 0 Å². The van der Waals surface area contributed by atoms with Crippen LogP contribution in [0.1, 0.15) is 0 Å². The van der Waals surface area contributed by atoms with E-state index in [1.54, 1.807) is 0 Å². The molecule has 0 amide bonds. The number of fused-ring (bicyclic) bond motifs is 3. The first kappa shape index (κ1) is 19.8.